The normalized spacial score (nSPS) is 10.2. The van der Waals surface area contributed by atoms with Crippen molar-refractivity contribution in [3.8, 4) is 0 Å². The Morgan fingerprint density at radius 3 is 2.69 bits per heavy atom. The van der Waals surface area contributed by atoms with E-state index in [1.54, 1.807) is 19.4 Å². The van der Waals surface area contributed by atoms with Crippen molar-refractivity contribution < 1.29 is 9.50 Å². The fourth-order valence-electron chi connectivity index (χ4n) is 1.21. The minimum absolute atomic E-state index is 0.149. The van der Waals surface area contributed by atoms with E-state index in [4.69, 9.17) is 5.11 Å². The Labute approximate surface area is 81.2 Å². The first-order valence-electron chi connectivity index (χ1n) is 3.88. The topological polar surface area (TPSA) is 32.3 Å². The van der Waals surface area contributed by atoms with E-state index in [1.807, 2.05) is 0 Å². The lowest BCUT2D eigenvalue weighted by Gasteiger charge is -2.11. The van der Waals surface area contributed by atoms with Gasteiger partial charge in [-0.05, 0) is 18.4 Å². The highest BCUT2D eigenvalue weighted by Crippen LogP contribution is 2.29. The lowest BCUT2D eigenvalue weighted by molar-refractivity contribution is 0.278. The third-order valence-electron chi connectivity index (χ3n) is 1.84. The van der Waals surface area contributed by atoms with Crippen LogP contribution >= 0.6 is 11.8 Å². The smallest absolute Gasteiger partial charge is 0.137 e. The first kappa shape index (κ1) is 10.3. The standard InChI is InChI=1S/C9H12FNOS/c1-11-8-4-3-7(10)9(13-2)6(8)5-12/h3-4,11-12H,5H2,1-2H3. The monoisotopic (exact) mass is 201 g/mol. The summed E-state index contributed by atoms with van der Waals surface area (Å²) >= 11 is 1.30. The molecule has 0 fully saturated rings. The predicted molar refractivity (Wildman–Crippen MR) is 53.7 cm³/mol. The van der Waals surface area contributed by atoms with Gasteiger partial charge in [0.05, 0.1) is 11.5 Å². The summed E-state index contributed by atoms with van der Waals surface area (Å²) in [5, 5.41) is 12.0. The van der Waals surface area contributed by atoms with Crippen LogP contribution in [0.3, 0.4) is 0 Å². The van der Waals surface area contributed by atoms with E-state index in [0.29, 0.717) is 10.5 Å². The Morgan fingerprint density at radius 1 is 1.54 bits per heavy atom. The first-order valence-corrected chi connectivity index (χ1v) is 5.11. The van der Waals surface area contributed by atoms with E-state index in [1.165, 1.54) is 17.8 Å². The average Bonchev–Trinajstić information content (AvgIpc) is 2.17. The van der Waals surface area contributed by atoms with Gasteiger partial charge in [0.15, 0.2) is 0 Å². The highest BCUT2D eigenvalue weighted by atomic mass is 32.2. The van der Waals surface area contributed by atoms with Gasteiger partial charge in [-0.1, -0.05) is 0 Å². The summed E-state index contributed by atoms with van der Waals surface area (Å²) in [6.07, 6.45) is 1.79. The molecule has 0 unspecified atom stereocenters. The molecule has 0 bridgehead atoms. The third-order valence-corrected chi connectivity index (χ3v) is 2.69. The van der Waals surface area contributed by atoms with Gasteiger partial charge in [0.2, 0.25) is 0 Å². The van der Waals surface area contributed by atoms with Crippen LogP contribution in [0.25, 0.3) is 0 Å². The molecule has 0 heterocycles. The largest absolute Gasteiger partial charge is 0.392 e. The quantitative estimate of drug-likeness (QED) is 0.734. The molecule has 0 spiro atoms. The zero-order chi connectivity index (χ0) is 9.84. The van der Waals surface area contributed by atoms with Crippen LogP contribution in [-0.2, 0) is 6.61 Å². The summed E-state index contributed by atoms with van der Waals surface area (Å²) < 4.78 is 13.2. The molecule has 2 N–H and O–H groups in total. The molecular formula is C9H12FNOS. The van der Waals surface area contributed by atoms with Crippen LogP contribution in [-0.4, -0.2) is 18.4 Å². The van der Waals surface area contributed by atoms with Gasteiger partial charge in [0.1, 0.15) is 5.82 Å². The van der Waals surface area contributed by atoms with E-state index >= 15 is 0 Å². The van der Waals surface area contributed by atoms with E-state index in [2.05, 4.69) is 5.32 Å². The lowest BCUT2D eigenvalue weighted by Crippen LogP contribution is -1.99. The maximum absolute atomic E-state index is 13.2. The second-order valence-corrected chi connectivity index (χ2v) is 3.33. The van der Waals surface area contributed by atoms with Crippen molar-refractivity contribution in [2.24, 2.45) is 0 Å². The van der Waals surface area contributed by atoms with Crippen LogP contribution in [0.2, 0.25) is 0 Å². The predicted octanol–water partition coefficient (Wildman–Crippen LogP) is 2.08. The van der Waals surface area contributed by atoms with Crippen LogP contribution < -0.4 is 5.32 Å². The molecule has 0 aliphatic heterocycles. The van der Waals surface area contributed by atoms with Crippen LogP contribution in [0.4, 0.5) is 10.1 Å². The molecule has 72 valence electrons. The first-order chi connectivity index (χ1) is 6.24. The molecule has 0 amide bonds. The molecule has 0 aromatic heterocycles. The average molecular weight is 201 g/mol. The van der Waals surface area contributed by atoms with Gasteiger partial charge >= 0.3 is 0 Å². The molecule has 4 heteroatoms. The highest BCUT2D eigenvalue weighted by molar-refractivity contribution is 7.98. The van der Waals surface area contributed by atoms with Crippen molar-refractivity contribution in [2.45, 2.75) is 11.5 Å². The molecule has 1 aromatic rings. The number of rotatable bonds is 3. The van der Waals surface area contributed by atoms with Crippen LogP contribution in [0.15, 0.2) is 17.0 Å². The van der Waals surface area contributed by atoms with Gasteiger partial charge < -0.3 is 10.4 Å². The number of thioether (sulfide) groups is 1. The number of halogens is 1. The molecule has 2 nitrogen and oxygen atoms in total. The number of hydrogen-bond acceptors (Lipinski definition) is 3. The molecule has 1 aromatic carbocycles. The molecule has 1 rings (SSSR count). The summed E-state index contributed by atoms with van der Waals surface area (Å²) in [6, 6.07) is 3.03. The Bertz CT molecular complexity index is 304. The van der Waals surface area contributed by atoms with Crippen LogP contribution in [0.1, 0.15) is 5.56 Å². The lowest BCUT2D eigenvalue weighted by atomic mass is 10.2. The number of nitrogens with one attached hydrogen (secondary N) is 1. The number of aliphatic hydroxyl groups is 1. The second kappa shape index (κ2) is 4.48. The second-order valence-electron chi connectivity index (χ2n) is 2.51. The van der Waals surface area contributed by atoms with Gasteiger partial charge in [-0.3, -0.25) is 0 Å². The van der Waals surface area contributed by atoms with Gasteiger partial charge in [0.25, 0.3) is 0 Å². The van der Waals surface area contributed by atoms with Gasteiger partial charge in [-0.25, -0.2) is 4.39 Å². The van der Waals surface area contributed by atoms with Crippen molar-refractivity contribution in [3.05, 3.63) is 23.5 Å². The molecule has 13 heavy (non-hydrogen) atoms. The minimum atomic E-state index is -0.282. The molecule has 0 atom stereocenters. The van der Waals surface area contributed by atoms with E-state index in [9.17, 15) is 4.39 Å². The number of benzene rings is 1. The zero-order valence-electron chi connectivity index (χ0n) is 7.60. The molecule has 0 aliphatic carbocycles. The summed E-state index contributed by atoms with van der Waals surface area (Å²) in [7, 11) is 1.75. The van der Waals surface area contributed by atoms with E-state index in [-0.39, 0.29) is 12.4 Å². The maximum Gasteiger partial charge on any atom is 0.137 e. The van der Waals surface area contributed by atoms with Gasteiger partial charge in [0, 0.05) is 18.3 Å². The minimum Gasteiger partial charge on any atom is -0.392 e. The summed E-state index contributed by atoms with van der Waals surface area (Å²) in [4.78, 5) is 0.509. The summed E-state index contributed by atoms with van der Waals surface area (Å²) in [6.45, 7) is -0.149. The number of aliphatic hydroxyl groups excluding tert-OH is 1. The van der Waals surface area contributed by atoms with Crippen LogP contribution in [0, 0.1) is 5.82 Å². The summed E-state index contributed by atoms with van der Waals surface area (Å²) in [5.41, 5.74) is 1.39. The molecule has 0 saturated carbocycles. The van der Waals surface area contributed by atoms with Crippen molar-refractivity contribution in [1.82, 2.24) is 0 Å². The number of hydrogen-bond donors (Lipinski definition) is 2. The molecular weight excluding hydrogens is 189 g/mol. The fourth-order valence-corrected chi connectivity index (χ4v) is 1.90. The third kappa shape index (κ3) is 1.95. The fraction of sp³-hybridized carbons (Fsp3) is 0.333. The van der Waals surface area contributed by atoms with Crippen molar-refractivity contribution in [1.29, 1.82) is 0 Å². The van der Waals surface area contributed by atoms with Crippen molar-refractivity contribution in [2.75, 3.05) is 18.6 Å². The Hall–Kier alpha value is -0.740. The molecule has 0 radical (unpaired) electrons. The highest BCUT2D eigenvalue weighted by Gasteiger charge is 2.10. The Balaban J connectivity index is 3.27. The van der Waals surface area contributed by atoms with Gasteiger partial charge in [-0.15, -0.1) is 11.8 Å². The van der Waals surface area contributed by atoms with Crippen molar-refractivity contribution >= 4 is 17.4 Å². The number of anilines is 1. The Kier molecular flexibility index (Phi) is 3.57. The Morgan fingerprint density at radius 2 is 2.23 bits per heavy atom. The maximum atomic E-state index is 13.2. The van der Waals surface area contributed by atoms with Gasteiger partial charge in [-0.2, -0.15) is 0 Å². The van der Waals surface area contributed by atoms with E-state index in [0.717, 1.165) is 5.69 Å². The summed E-state index contributed by atoms with van der Waals surface area (Å²) in [5.74, 6) is -0.282. The van der Waals surface area contributed by atoms with Crippen LogP contribution in [0.5, 0.6) is 0 Å². The molecule has 0 aliphatic rings. The SMILES string of the molecule is CNc1ccc(F)c(SC)c1CO. The molecule has 0 saturated heterocycles. The van der Waals surface area contributed by atoms with Crippen molar-refractivity contribution in [3.63, 3.8) is 0 Å². The van der Waals surface area contributed by atoms with E-state index < -0.39 is 0 Å². The zero-order valence-corrected chi connectivity index (χ0v) is 8.41.